The van der Waals surface area contributed by atoms with Crippen molar-refractivity contribution in [1.82, 2.24) is 14.9 Å². The number of fused-ring (bicyclic) bond motifs is 1. The third kappa shape index (κ3) is 4.83. The lowest BCUT2D eigenvalue weighted by Gasteiger charge is -2.15. The normalized spacial score (nSPS) is 12.0. The molecule has 0 bridgehead atoms. The molecule has 0 unspecified atom stereocenters. The van der Waals surface area contributed by atoms with E-state index in [9.17, 15) is 14.4 Å². The van der Waals surface area contributed by atoms with Gasteiger partial charge in [-0.15, -0.1) is 0 Å². The Kier molecular flexibility index (Phi) is 7.16. The summed E-state index contributed by atoms with van der Waals surface area (Å²) < 4.78 is 11.0. The first kappa shape index (κ1) is 19.9. The van der Waals surface area contributed by atoms with Crippen molar-refractivity contribution in [1.29, 1.82) is 0 Å². The fraction of sp³-hybridized carbons (Fsp3) is 0.412. The number of alkyl carbamates (subject to hydrolysis) is 1. The van der Waals surface area contributed by atoms with Gasteiger partial charge in [0.05, 0.1) is 23.3 Å². The Morgan fingerprint density at radius 1 is 1.31 bits per heavy atom. The number of nitrogens with one attached hydrogen (secondary N) is 1. The van der Waals surface area contributed by atoms with E-state index in [0.29, 0.717) is 35.6 Å². The van der Waals surface area contributed by atoms with Crippen molar-refractivity contribution >= 4 is 34.7 Å². The van der Waals surface area contributed by atoms with E-state index in [2.05, 4.69) is 15.0 Å². The van der Waals surface area contributed by atoms with Gasteiger partial charge in [0.25, 0.3) is 5.56 Å². The fourth-order valence-electron chi connectivity index (χ4n) is 2.27. The molecular formula is C17H21N3O5S. The number of hydrogen-bond donors (Lipinski definition) is 1. The van der Waals surface area contributed by atoms with Gasteiger partial charge in [-0.3, -0.25) is 19.5 Å². The number of carbonyl (C=O) groups excluding carboxylic acids is 2. The van der Waals surface area contributed by atoms with Crippen LogP contribution in [0.5, 0.6) is 0 Å². The van der Waals surface area contributed by atoms with Gasteiger partial charge in [-0.05, 0) is 25.5 Å². The number of carbonyl (C=O) groups is 2. The molecule has 9 heteroatoms. The van der Waals surface area contributed by atoms with Gasteiger partial charge < -0.3 is 9.47 Å². The SMILES string of the molecule is COCCCn1c(S[C@@H](C)C(=O)NC(=O)OC)nc2ccccc2c1=O. The quantitative estimate of drug-likeness (QED) is 0.445. The summed E-state index contributed by atoms with van der Waals surface area (Å²) >= 11 is 1.11. The number of hydrogen-bond acceptors (Lipinski definition) is 7. The molecular weight excluding hydrogens is 358 g/mol. The molecule has 0 spiro atoms. The molecule has 2 aromatic rings. The smallest absolute Gasteiger partial charge is 0.413 e. The highest BCUT2D eigenvalue weighted by atomic mass is 32.2. The number of para-hydroxylation sites is 1. The maximum absolute atomic E-state index is 12.8. The third-order valence-electron chi connectivity index (χ3n) is 3.62. The lowest BCUT2D eigenvalue weighted by atomic mass is 10.2. The van der Waals surface area contributed by atoms with E-state index in [1.54, 1.807) is 38.3 Å². The van der Waals surface area contributed by atoms with E-state index in [1.807, 2.05) is 0 Å². The van der Waals surface area contributed by atoms with Crippen molar-refractivity contribution in [2.45, 2.75) is 30.3 Å². The molecule has 0 aliphatic rings. The predicted molar refractivity (Wildman–Crippen MR) is 98.4 cm³/mol. The average molecular weight is 379 g/mol. The number of ether oxygens (including phenoxy) is 2. The van der Waals surface area contributed by atoms with Crippen LogP contribution in [0.25, 0.3) is 10.9 Å². The summed E-state index contributed by atoms with van der Waals surface area (Å²) in [7, 11) is 2.77. The lowest BCUT2D eigenvalue weighted by molar-refractivity contribution is -0.119. The van der Waals surface area contributed by atoms with Gasteiger partial charge in [0.15, 0.2) is 5.16 Å². The Bertz CT molecular complexity index is 852. The third-order valence-corrected chi connectivity index (χ3v) is 4.71. The van der Waals surface area contributed by atoms with E-state index in [0.717, 1.165) is 11.8 Å². The molecule has 0 radical (unpaired) electrons. The van der Waals surface area contributed by atoms with Crippen molar-refractivity contribution in [3.05, 3.63) is 34.6 Å². The molecule has 0 saturated heterocycles. The van der Waals surface area contributed by atoms with Crippen LogP contribution in [0, 0.1) is 0 Å². The molecule has 1 aromatic heterocycles. The highest BCUT2D eigenvalue weighted by Crippen LogP contribution is 2.23. The van der Waals surface area contributed by atoms with E-state index in [4.69, 9.17) is 4.74 Å². The summed E-state index contributed by atoms with van der Waals surface area (Å²) in [6.07, 6.45) is -0.196. The summed E-state index contributed by atoms with van der Waals surface area (Å²) in [5, 5.41) is 2.40. The summed E-state index contributed by atoms with van der Waals surface area (Å²) in [4.78, 5) is 40.6. The number of rotatable bonds is 7. The second kappa shape index (κ2) is 9.35. The molecule has 0 aliphatic carbocycles. The van der Waals surface area contributed by atoms with Crippen molar-refractivity contribution in [3.63, 3.8) is 0 Å². The Hall–Kier alpha value is -2.39. The summed E-state index contributed by atoms with van der Waals surface area (Å²) in [6, 6.07) is 7.05. The standard InChI is InChI=1S/C17H21N3O5S/c1-11(14(21)19-17(23)25-3)26-16-18-13-8-5-4-7-12(13)15(22)20(16)9-6-10-24-2/h4-5,7-8,11H,6,9-10H2,1-3H3,(H,19,21,23)/t11-/m0/s1. The first-order valence-corrected chi connectivity index (χ1v) is 8.90. The first-order valence-electron chi connectivity index (χ1n) is 8.02. The van der Waals surface area contributed by atoms with E-state index in [-0.39, 0.29) is 5.56 Å². The minimum atomic E-state index is -0.827. The van der Waals surface area contributed by atoms with Crippen LogP contribution < -0.4 is 10.9 Å². The first-order chi connectivity index (χ1) is 12.5. The molecule has 26 heavy (non-hydrogen) atoms. The van der Waals surface area contributed by atoms with Crippen LogP contribution in [0.3, 0.4) is 0 Å². The van der Waals surface area contributed by atoms with Gasteiger partial charge in [0, 0.05) is 20.3 Å². The molecule has 1 heterocycles. The zero-order valence-electron chi connectivity index (χ0n) is 14.9. The topological polar surface area (TPSA) is 99.5 Å². The van der Waals surface area contributed by atoms with Crippen molar-refractivity contribution in [3.8, 4) is 0 Å². The number of benzene rings is 1. The summed E-state index contributed by atoms with van der Waals surface area (Å²) in [5.41, 5.74) is 0.387. The molecule has 1 N–H and O–H groups in total. The Morgan fingerprint density at radius 2 is 2.04 bits per heavy atom. The van der Waals surface area contributed by atoms with Gasteiger partial charge >= 0.3 is 6.09 Å². The van der Waals surface area contributed by atoms with Gasteiger partial charge in [0.1, 0.15) is 0 Å². The zero-order chi connectivity index (χ0) is 19.1. The summed E-state index contributed by atoms with van der Waals surface area (Å²) in [5.74, 6) is -0.521. The largest absolute Gasteiger partial charge is 0.453 e. The average Bonchev–Trinajstić information content (AvgIpc) is 2.64. The van der Waals surface area contributed by atoms with Gasteiger partial charge in [-0.2, -0.15) is 0 Å². The Labute approximate surface area is 154 Å². The molecule has 140 valence electrons. The van der Waals surface area contributed by atoms with Crippen molar-refractivity contribution in [2.24, 2.45) is 0 Å². The van der Waals surface area contributed by atoms with E-state index >= 15 is 0 Å². The van der Waals surface area contributed by atoms with Crippen molar-refractivity contribution in [2.75, 3.05) is 20.8 Å². The van der Waals surface area contributed by atoms with Gasteiger partial charge in [-0.25, -0.2) is 9.78 Å². The molecule has 0 aliphatic heterocycles. The molecule has 2 amide bonds. The van der Waals surface area contributed by atoms with Crippen LogP contribution in [0.15, 0.2) is 34.2 Å². The fourth-order valence-corrected chi connectivity index (χ4v) is 3.20. The van der Waals surface area contributed by atoms with Crippen molar-refractivity contribution < 1.29 is 19.1 Å². The Morgan fingerprint density at radius 3 is 2.73 bits per heavy atom. The summed E-state index contributed by atoms with van der Waals surface area (Å²) in [6.45, 7) is 2.55. The number of methoxy groups -OCH3 is 2. The number of aromatic nitrogens is 2. The monoisotopic (exact) mass is 379 g/mol. The number of thioether (sulfide) groups is 1. The molecule has 8 nitrogen and oxygen atoms in total. The van der Waals surface area contributed by atoms with Crippen LogP contribution in [-0.4, -0.2) is 47.6 Å². The highest BCUT2D eigenvalue weighted by molar-refractivity contribution is 8.00. The molecule has 1 aromatic carbocycles. The number of amides is 2. The zero-order valence-corrected chi connectivity index (χ0v) is 15.7. The minimum absolute atomic E-state index is 0.172. The molecule has 0 fully saturated rings. The Balaban J connectivity index is 2.34. The van der Waals surface area contributed by atoms with Crippen LogP contribution in [0.2, 0.25) is 0 Å². The lowest BCUT2D eigenvalue weighted by Crippen LogP contribution is -2.36. The van der Waals surface area contributed by atoms with Gasteiger partial charge in [-0.1, -0.05) is 23.9 Å². The number of nitrogens with zero attached hydrogens (tertiary/aromatic N) is 2. The van der Waals surface area contributed by atoms with Crippen LogP contribution >= 0.6 is 11.8 Å². The van der Waals surface area contributed by atoms with E-state index in [1.165, 1.54) is 11.7 Å². The second-order valence-electron chi connectivity index (χ2n) is 5.46. The van der Waals surface area contributed by atoms with Crippen LogP contribution in [-0.2, 0) is 20.8 Å². The predicted octanol–water partition coefficient (Wildman–Crippen LogP) is 1.80. The molecule has 0 saturated carbocycles. The van der Waals surface area contributed by atoms with Crippen LogP contribution in [0.4, 0.5) is 4.79 Å². The van der Waals surface area contributed by atoms with E-state index < -0.39 is 17.3 Å². The maximum atomic E-state index is 12.8. The molecule has 1 atom stereocenters. The highest BCUT2D eigenvalue weighted by Gasteiger charge is 2.21. The molecule has 2 rings (SSSR count). The minimum Gasteiger partial charge on any atom is -0.453 e. The van der Waals surface area contributed by atoms with Crippen LogP contribution in [0.1, 0.15) is 13.3 Å². The second-order valence-corrected chi connectivity index (χ2v) is 6.76. The number of imide groups is 1. The maximum Gasteiger partial charge on any atom is 0.413 e. The van der Waals surface area contributed by atoms with Gasteiger partial charge in [0.2, 0.25) is 5.91 Å².